The fourth-order valence-electron chi connectivity index (χ4n) is 7.18. The molecule has 3 aliphatic rings. The molecule has 0 radical (unpaired) electrons. The van der Waals surface area contributed by atoms with Gasteiger partial charge in [0.15, 0.2) is 5.78 Å². The van der Waals surface area contributed by atoms with Crippen molar-refractivity contribution in [3.63, 3.8) is 0 Å². The van der Waals surface area contributed by atoms with E-state index >= 15 is 0 Å². The van der Waals surface area contributed by atoms with E-state index in [1.807, 2.05) is 39.0 Å². The van der Waals surface area contributed by atoms with Crippen molar-refractivity contribution in [1.82, 2.24) is 15.0 Å². The van der Waals surface area contributed by atoms with Crippen molar-refractivity contribution in [3.05, 3.63) is 83.8 Å². The molecule has 8 nitrogen and oxygen atoms in total. The zero-order chi connectivity index (χ0) is 30.7. The Kier molecular flexibility index (Phi) is 8.66. The first-order valence-electron chi connectivity index (χ1n) is 14.9. The standard InChI is InChI=1S/C35H36N4O4.Mg/c1-8-11-21-17(5)24-12-23-16(4)19(9-2)26(36-23)14-28-22(15-40)20(10-3)27(37-28)13-25-18(6)29-33(39-25)30(32(21)38-24)31(34(29)41)35(42)43-7;/h9,12-15,17,21,31-32H,2,8,10-11H2,1,3-7H3,(H,40,41);/q-4;+2/b24-12+,28-14-;/t17-,21-,31+,32?;/m0./s1. The van der Waals surface area contributed by atoms with E-state index in [0.717, 1.165) is 47.2 Å². The maximum atomic E-state index is 14.0. The Morgan fingerprint density at radius 3 is 2.41 bits per heavy atom. The molecule has 5 heterocycles. The minimum Gasteiger partial charge on any atom is -0.681 e. The van der Waals surface area contributed by atoms with Gasteiger partial charge in [-0.2, -0.15) is 5.70 Å². The van der Waals surface area contributed by atoms with Gasteiger partial charge in [0.25, 0.3) is 0 Å². The van der Waals surface area contributed by atoms with Crippen molar-refractivity contribution in [2.45, 2.75) is 59.9 Å². The number of ether oxygens (including phenoxy) is 1. The number of hydrogen-bond acceptors (Lipinski definition) is 4. The molecule has 0 aromatic carbocycles. The van der Waals surface area contributed by atoms with Gasteiger partial charge in [-0.1, -0.05) is 92.8 Å². The normalized spacial score (nSPS) is 24.9. The van der Waals surface area contributed by atoms with Crippen molar-refractivity contribution in [1.29, 1.82) is 0 Å². The quantitative estimate of drug-likeness (QED) is 0.271. The monoisotopic (exact) mass is 600 g/mol. The first-order valence-corrected chi connectivity index (χ1v) is 14.9. The predicted molar refractivity (Wildman–Crippen MR) is 173 cm³/mol. The van der Waals surface area contributed by atoms with Gasteiger partial charge in [-0.25, -0.2) is 0 Å². The number of esters is 1. The average molecular weight is 601 g/mol. The number of aliphatic hydroxyl groups is 1. The summed E-state index contributed by atoms with van der Waals surface area (Å²) in [6, 6.07) is -0.406. The summed E-state index contributed by atoms with van der Waals surface area (Å²) in [6.45, 7) is 14.2. The van der Waals surface area contributed by atoms with Gasteiger partial charge in [-0.05, 0) is 42.9 Å². The Balaban J connectivity index is 0.00000384. The second-order valence-electron chi connectivity index (χ2n) is 11.7. The SMILES string of the molecule is C=Cc1c2[n-]c(c1C)/C=C1/[N-]C(C3=c4[n-]/c(c(C)c4C(=O)[C@@H]3C(=O)OC)=C\c3[n-]c(/c(=C\O)c3CC)=C\2)[C@@H](CCC)[C@@H]1C.[Mg+2]. The summed E-state index contributed by atoms with van der Waals surface area (Å²) in [5.41, 5.74) is 7.52. The van der Waals surface area contributed by atoms with Gasteiger partial charge in [-0.3, -0.25) is 9.59 Å². The molecule has 1 unspecified atom stereocenters. The minimum atomic E-state index is -1.08. The summed E-state index contributed by atoms with van der Waals surface area (Å²) in [7, 11) is 1.31. The number of allylic oxidation sites excluding steroid dienone is 1. The van der Waals surface area contributed by atoms with Gasteiger partial charge >= 0.3 is 29.0 Å². The Bertz CT molecular complexity index is 1970. The number of ketones is 1. The van der Waals surface area contributed by atoms with Gasteiger partial charge in [0.05, 0.1) is 13.4 Å². The number of fused-ring (bicyclic) bond motifs is 8. The smallest absolute Gasteiger partial charge is 0.681 e. The number of Topliss-reactive ketones (excluding diaryl/α,β-unsaturated/α-hetero) is 1. The molecule has 0 amide bonds. The summed E-state index contributed by atoms with van der Waals surface area (Å²) >= 11 is 0. The first-order chi connectivity index (χ1) is 20.7. The minimum absolute atomic E-state index is 0. The Morgan fingerprint density at radius 2 is 1.77 bits per heavy atom. The van der Waals surface area contributed by atoms with E-state index in [2.05, 4.69) is 20.4 Å². The molecule has 1 fully saturated rings. The molecular formula is C35H36MgN4O4-2. The van der Waals surface area contributed by atoms with E-state index in [-0.39, 0.29) is 40.7 Å². The molecule has 9 heteroatoms. The topological polar surface area (TPSA) is 120 Å². The van der Waals surface area contributed by atoms with E-state index in [0.29, 0.717) is 55.8 Å². The number of rotatable bonds is 5. The Labute approximate surface area is 272 Å². The molecule has 4 atom stereocenters. The van der Waals surface area contributed by atoms with Crippen LogP contribution in [0.4, 0.5) is 0 Å². The van der Waals surface area contributed by atoms with Crippen LogP contribution < -0.4 is 36.2 Å². The van der Waals surface area contributed by atoms with Gasteiger partial charge in [0, 0.05) is 5.56 Å². The maximum absolute atomic E-state index is 14.0. The molecule has 224 valence electrons. The van der Waals surface area contributed by atoms with Gasteiger partial charge in [0.1, 0.15) is 5.92 Å². The molecule has 6 rings (SSSR count). The fraction of sp³-hybridized carbons (Fsp3) is 0.371. The van der Waals surface area contributed by atoms with Crippen molar-refractivity contribution < 1.29 is 19.4 Å². The number of nitrogens with zero attached hydrogens (tertiary/aromatic N) is 4. The van der Waals surface area contributed by atoms with Crippen LogP contribution in [0.15, 0.2) is 12.3 Å². The number of aromatic nitrogens is 3. The molecule has 1 N–H and O–H groups in total. The molecule has 3 aromatic heterocycles. The van der Waals surface area contributed by atoms with Crippen LogP contribution in [-0.4, -0.2) is 53.1 Å². The van der Waals surface area contributed by atoms with Gasteiger partial charge in [0.2, 0.25) is 0 Å². The summed E-state index contributed by atoms with van der Waals surface area (Å²) in [5, 5.41) is 17.9. The van der Waals surface area contributed by atoms with Crippen LogP contribution in [0.5, 0.6) is 0 Å². The van der Waals surface area contributed by atoms with E-state index < -0.39 is 17.9 Å². The predicted octanol–water partition coefficient (Wildman–Crippen LogP) is 2.25. The molecule has 44 heavy (non-hydrogen) atoms. The summed E-state index contributed by atoms with van der Waals surface area (Å²) < 4.78 is 5.17. The van der Waals surface area contributed by atoms with Crippen molar-refractivity contribution in [3.8, 4) is 0 Å². The van der Waals surface area contributed by atoms with Gasteiger partial charge < -0.3 is 30.1 Å². The van der Waals surface area contributed by atoms with Crippen LogP contribution in [0.2, 0.25) is 0 Å². The van der Waals surface area contributed by atoms with Gasteiger partial charge in [-0.15, -0.1) is 33.1 Å². The molecule has 0 saturated carbocycles. The van der Waals surface area contributed by atoms with Crippen LogP contribution >= 0.6 is 0 Å². The second-order valence-corrected chi connectivity index (χ2v) is 11.7. The Hall–Kier alpha value is -3.69. The van der Waals surface area contributed by atoms with Crippen molar-refractivity contribution in [2.24, 2.45) is 17.8 Å². The number of carbonyl (C=O) groups is 2. The zero-order valence-electron chi connectivity index (χ0n) is 26.2. The summed E-state index contributed by atoms with van der Waals surface area (Å²) in [4.78, 5) is 42.1. The van der Waals surface area contributed by atoms with Crippen LogP contribution in [0.1, 0.15) is 83.3 Å². The summed E-state index contributed by atoms with van der Waals surface area (Å²) in [5.74, 6) is -1.82. The average Bonchev–Trinajstić information content (AvgIpc) is 3.74. The number of hydrogen-bond donors (Lipinski definition) is 1. The third kappa shape index (κ3) is 4.63. The van der Waals surface area contributed by atoms with Crippen LogP contribution in [0.3, 0.4) is 0 Å². The molecule has 0 spiro atoms. The molecule has 1 aliphatic carbocycles. The first kappa shape index (κ1) is 31.7. The molecule has 1 saturated heterocycles. The van der Waals surface area contributed by atoms with Crippen LogP contribution in [0.25, 0.3) is 41.5 Å². The summed E-state index contributed by atoms with van der Waals surface area (Å²) in [6.07, 6.45) is 11.1. The zero-order valence-corrected chi connectivity index (χ0v) is 27.6. The fourth-order valence-corrected chi connectivity index (χ4v) is 7.18. The Morgan fingerprint density at radius 1 is 1.05 bits per heavy atom. The number of aliphatic hydroxyl groups excluding tert-OH is 1. The largest absolute Gasteiger partial charge is 2.00 e. The van der Waals surface area contributed by atoms with Crippen molar-refractivity contribution in [2.75, 3.05) is 7.11 Å². The second kappa shape index (κ2) is 12.0. The molecular weight excluding hydrogens is 565 g/mol. The van der Waals surface area contributed by atoms with Crippen molar-refractivity contribution >= 4 is 70.9 Å². The van der Waals surface area contributed by atoms with Crippen LogP contribution in [0, 0.1) is 31.6 Å². The third-order valence-corrected chi connectivity index (χ3v) is 9.48. The number of carbonyl (C=O) groups excluding carboxylic acids is 2. The molecule has 8 bridgehead atoms. The number of methoxy groups -OCH3 is 1. The molecule has 2 aliphatic heterocycles. The molecule has 3 aromatic rings. The van der Waals surface area contributed by atoms with E-state index in [4.69, 9.17) is 25.0 Å². The van der Waals surface area contributed by atoms with E-state index in [9.17, 15) is 14.7 Å². The third-order valence-electron chi connectivity index (χ3n) is 9.48. The maximum Gasteiger partial charge on any atom is 2.00 e. The van der Waals surface area contributed by atoms with Crippen LogP contribution in [-0.2, 0) is 16.0 Å². The van der Waals surface area contributed by atoms with E-state index in [1.54, 1.807) is 6.08 Å². The van der Waals surface area contributed by atoms with E-state index in [1.165, 1.54) is 7.11 Å².